The molecule has 0 heterocycles. The van der Waals surface area contributed by atoms with Gasteiger partial charge in [-0.1, -0.05) is 12.1 Å². The van der Waals surface area contributed by atoms with Crippen LogP contribution in [0.2, 0.25) is 0 Å². The summed E-state index contributed by atoms with van der Waals surface area (Å²) in [7, 11) is 0. The summed E-state index contributed by atoms with van der Waals surface area (Å²) in [5, 5.41) is 9.42. The first-order valence-electron chi connectivity index (χ1n) is 4.95. The summed E-state index contributed by atoms with van der Waals surface area (Å²) in [4.78, 5) is 0. The Morgan fingerprint density at radius 3 is 2.86 bits per heavy atom. The van der Waals surface area contributed by atoms with Crippen molar-refractivity contribution in [1.82, 2.24) is 0 Å². The number of aliphatic hydroxyl groups is 1. The average Bonchev–Trinajstić information content (AvgIpc) is 2.67. The van der Waals surface area contributed by atoms with E-state index >= 15 is 0 Å². The second-order valence-corrected chi connectivity index (χ2v) is 3.98. The third-order valence-corrected chi connectivity index (χ3v) is 3.10. The molecule has 1 N–H and O–H groups in total. The molecule has 1 radical (unpaired) electrons. The monoisotopic (exact) mass is 193 g/mol. The minimum Gasteiger partial charge on any atom is -0.395 e. The molecule has 1 aromatic rings. The molecule has 1 saturated carbocycles. The van der Waals surface area contributed by atoms with Crippen molar-refractivity contribution < 1.29 is 9.50 Å². The molecule has 1 atom stereocenters. The molecule has 1 unspecified atom stereocenters. The van der Waals surface area contributed by atoms with E-state index < -0.39 is 0 Å². The lowest BCUT2D eigenvalue weighted by Gasteiger charge is -2.26. The Hall–Kier alpha value is -0.890. The molecule has 75 valence electrons. The molecule has 0 saturated heterocycles. The number of rotatable bonds is 2. The highest BCUT2D eigenvalue weighted by molar-refractivity contribution is 5.28. The predicted octanol–water partition coefficient (Wildman–Crippen LogP) is 2.44. The summed E-state index contributed by atoms with van der Waals surface area (Å²) >= 11 is 0. The van der Waals surface area contributed by atoms with Gasteiger partial charge in [0.1, 0.15) is 5.82 Å². The van der Waals surface area contributed by atoms with Gasteiger partial charge in [-0.15, -0.1) is 0 Å². The van der Waals surface area contributed by atoms with E-state index in [0.717, 1.165) is 24.8 Å². The van der Waals surface area contributed by atoms with Crippen LogP contribution in [0.1, 0.15) is 24.8 Å². The van der Waals surface area contributed by atoms with Crippen molar-refractivity contribution >= 4 is 0 Å². The third-order valence-electron chi connectivity index (χ3n) is 3.10. The molecule has 1 nitrogen and oxygen atoms in total. The van der Waals surface area contributed by atoms with E-state index in [9.17, 15) is 9.50 Å². The van der Waals surface area contributed by atoms with Gasteiger partial charge in [-0.25, -0.2) is 4.39 Å². The molecular weight excluding hydrogens is 179 g/mol. The van der Waals surface area contributed by atoms with Crippen LogP contribution >= 0.6 is 0 Å². The summed E-state index contributed by atoms with van der Waals surface area (Å²) in [6, 6.07) is 6.58. The Kier molecular flexibility index (Phi) is 2.55. The van der Waals surface area contributed by atoms with Gasteiger partial charge in [0.05, 0.1) is 6.61 Å². The maximum absolute atomic E-state index is 13.0. The Morgan fingerprint density at radius 1 is 1.43 bits per heavy atom. The van der Waals surface area contributed by atoms with Gasteiger partial charge in [0, 0.05) is 5.41 Å². The number of halogens is 1. The highest BCUT2D eigenvalue weighted by Gasteiger charge is 2.35. The highest BCUT2D eigenvalue weighted by atomic mass is 19.1. The molecule has 0 amide bonds. The minimum absolute atomic E-state index is 0.104. The summed E-state index contributed by atoms with van der Waals surface area (Å²) in [5.74, 6) is -0.220. The molecule has 14 heavy (non-hydrogen) atoms. The van der Waals surface area contributed by atoms with E-state index in [0.29, 0.717) is 0 Å². The first-order valence-corrected chi connectivity index (χ1v) is 4.95. The zero-order valence-corrected chi connectivity index (χ0v) is 8.04. The Bertz CT molecular complexity index is 316. The minimum atomic E-state index is -0.220. The van der Waals surface area contributed by atoms with Crippen molar-refractivity contribution in [3.63, 3.8) is 0 Å². The van der Waals surface area contributed by atoms with Crippen LogP contribution in [0.4, 0.5) is 4.39 Å². The molecule has 1 fully saturated rings. The van der Waals surface area contributed by atoms with E-state index in [1.807, 2.05) is 6.07 Å². The van der Waals surface area contributed by atoms with E-state index in [4.69, 9.17) is 0 Å². The van der Waals surface area contributed by atoms with Gasteiger partial charge in [-0.2, -0.15) is 0 Å². The molecule has 2 rings (SSSR count). The molecule has 0 aromatic heterocycles. The SMILES string of the molecule is OCC1(c2cccc(F)c2)C[CH]CC1. The number of hydrogen-bond acceptors (Lipinski definition) is 1. The molecule has 1 aliphatic rings. The van der Waals surface area contributed by atoms with E-state index in [-0.39, 0.29) is 17.8 Å². The van der Waals surface area contributed by atoms with Crippen LogP contribution < -0.4 is 0 Å². The maximum atomic E-state index is 13.0. The zero-order chi connectivity index (χ0) is 10.0. The van der Waals surface area contributed by atoms with Crippen molar-refractivity contribution in [1.29, 1.82) is 0 Å². The van der Waals surface area contributed by atoms with Gasteiger partial charge >= 0.3 is 0 Å². The second-order valence-electron chi connectivity index (χ2n) is 3.98. The zero-order valence-electron chi connectivity index (χ0n) is 8.04. The summed E-state index contributed by atoms with van der Waals surface area (Å²) < 4.78 is 13.0. The van der Waals surface area contributed by atoms with Crippen molar-refractivity contribution in [3.05, 3.63) is 42.1 Å². The molecule has 0 bridgehead atoms. The largest absolute Gasteiger partial charge is 0.395 e. The lowest BCUT2D eigenvalue weighted by atomic mass is 9.80. The normalized spacial score (nSPS) is 19.9. The smallest absolute Gasteiger partial charge is 0.123 e. The lowest BCUT2D eigenvalue weighted by Crippen LogP contribution is -2.26. The first kappa shape index (κ1) is 9.66. The first-order chi connectivity index (χ1) is 6.77. The van der Waals surface area contributed by atoms with Crippen LogP contribution in [0.3, 0.4) is 0 Å². The van der Waals surface area contributed by atoms with Gasteiger partial charge in [0.15, 0.2) is 0 Å². The van der Waals surface area contributed by atoms with Crippen molar-refractivity contribution in [3.8, 4) is 0 Å². The van der Waals surface area contributed by atoms with E-state index in [1.165, 1.54) is 12.1 Å². The van der Waals surface area contributed by atoms with Gasteiger partial charge in [0.25, 0.3) is 0 Å². The average molecular weight is 193 g/mol. The van der Waals surface area contributed by atoms with Gasteiger partial charge in [-0.3, -0.25) is 0 Å². The molecular formula is C12H14FO. The number of aliphatic hydroxyl groups excluding tert-OH is 1. The van der Waals surface area contributed by atoms with Crippen molar-refractivity contribution in [2.45, 2.75) is 24.7 Å². The summed E-state index contributed by atoms with van der Waals surface area (Å²) in [5.41, 5.74) is 0.705. The van der Waals surface area contributed by atoms with Crippen LogP contribution in [0.5, 0.6) is 0 Å². The lowest BCUT2D eigenvalue weighted by molar-refractivity contribution is 0.197. The van der Waals surface area contributed by atoms with Crippen molar-refractivity contribution in [2.75, 3.05) is 6.61 Å². The fraction of sp³-hybridized carbons (Fsp3) is 0.417. The fourth-order valence-electron chi connectivity index (χ4n) is 2.17. The van der Waals surface area contributed by atoms with Crippen molar-refractivity contribution in [2.24, 2.45) is 0 Å². The van der Waals surface area contributed by atoms with Crippen LogP contribution in [-0.4, -0.2) is 11.7 Å². The maximum Gasteiger partial charge on any atom is 0.123 e. The number of benzene rings is 1. The summed E-state index contributed by atoms with van der Waals surface area (Å²) in [6.45, 7) is 0.104. The molecule has 1 aliphatic carbocycles. The Balaban J connectivity index is 2.35. The van der Waals surface area contributed by atoms with Gasteiger partial charge in [0.2, 0.25) is 0 Å². The van der Waals surface area contributed by atoms with E-state index in [1.54, 1.807) is 6.07 Å². The number of hydrogen-bond donors (Lipinski definition) is 1. The fourth-order valence-corrected chi connectivity index (χ4v) is 2.17. The van der Waals surface area contributed by atoms with Crippen LogP contribution in [-0.2, 0) is 5.41 Å². The molecule has 2 heteroatoms. The van der Waals surface area contributed by atoms with Gasteiger partial charge < -0.3 is 5.11 Å². The summed E-state index contributed by atoms with van der Waals surface area (Å²) in [6.07, 6.45) is 4.96. The molecule has 0 spiro atoms. The molecule has 0 aliphatic heterocycles. The van der Waals surface area contributed by atoms with Crippen LogP contribution in [0.15, 0.2) is 24.3 Å². The molecule has 1 aromatic carbocycles. The highest BCUT2D eigenvalue weighted by Crippen LogP contribution is 2.40. The van der Waals surface area contributed by atoms with Crippen LogP contribution in [0, 0.1) is 12.2 Å². The Labute approximate surface area is 83.6 Å². The van der Waals surface area contributed by atoms with Crippen LogP contribution in [0.25, 0.3) is 0 Å². The topological polar surface area (TPSA) is 20.2 Å². The van der Waals surface area contributed by atoms with Gasteiger partial charge in [-0.05, 0) is 43.4 Å². The quantitative estimate of drug-likeness (QED) is 0.764. The second kappa shape index (κ2) is 3.70. The third kappa shape index (κ3) is 1.55. The Morgan fingerprint density at radius 2 is 2.29 bits per heavy atom. The standard InChI is InChI=1S/C12H14FO/c13-11-5-3-4-10(8-11)12(9-14)6-1-2-7-12/h1,3-5,8,14H,2,6-7,9H2. The predicted molar refractivity (Wildman–Crippen MR) is 53.3 cm³/mol. The van der Waals surface area contributed by atoms with E-state index in [2.05, 4.69) is 6.42 Å².